The molecule has 3 nitrogen and oxygen atoms in total. The topological polar surface area (TPSA) is 35.5 Å². The SMILES string of the molecule is [2H]CC(COC(C)=O)OC#C. The first-order valence-corrected chi connectivity index (χ1v) is 2.74. The molecule has 0 bridgehead atoms. The van der Waals surface area contributed by atoms with Crippen molar-refractivity contribution in [2.45, 2.75) is 19.9 Å². The van der Waals surface area contributed by atoms with Crippen molar-refractivity contribution in [2.24, 2.45) is 0 Å². The summed E-state index contributed by atoms with van der Waals surface area (Å²) in [6.07, 6.45) is 6.24. The molecule has 10 heavy (non-hydrogen) atoms. The molecule has 56 valence electrons. The molecule has 0 rings (SSSR count). The lowest BCUT2D eigenvalue weighted by Crippen LogP contribution is -2.15. The van der Waals surface area contributed by atoms with Gasteiger partial charge in [0.05, 0.1) is 0 Å². The number of ether oxygens (including phenoxy) is 2. The zero-order chi connectivity index (χ0) is 8.69. The van der Waals surface area contributed by atoms with Crippen LogP contribution in [0, 0.1) is 12.5 Å². The standard InChI is InChI=1S/C7H10O3/c1-4-9-6(2)5-10-7(3)8/h1,6H,5H2,2-3H3/i2D. The van der Waals surface area contributed by atoms with Gasteiger partial charge in [-0.2, -0.15) is 0 Å². The van der Waals surface area contributed by atoms with E-state index in [-0.39, 0.29) is 13.5 Å². The van der Waals surface area contributed by atoms with Crippen molar-refractivity contribution >= 4 is 5.97 Å². The van der Waals surface area contributed by atoms with Gasteiger partial charge in [-0.15, -0.1) is 0 Å². The summed E-state index contributed by atoms with van der Waals surface area (Å²) in [7, 11) is 0. The van der Waals surface area contributed by atoms with Crippen LogP contribution in [0.5, 0.6) is 0 Å². The van der Waals surface area contributed by atoms with Gasteiger partial charge in [0, 0.05) is 8.29 Å². The van der Waals surface area contributed by atoms with E-state index in [0.29, 0.717) is 0 Å². The molecule has 0 heterocycles. The average Bonchev–Trinajstić information content (AvgIpc) is 1.97. The molecule has 1 unspecified atom stereocenters. The first-order chi connectivity index (χ1) is 5.20. The fourth-order valence-electron chi connectivity index (χ4n) is 0.341. The number of terminal acetylenes is 1. The van der Waals surface area contributed by atoms with Crippen molar-refractivity contribution in [1.29, 1.82) is 0 Å². The molecule has 0 radical (unpaired) electrons. The van der Waals surface area contributed by atoms with E-state index in [0.717, 1.165) is 0 Å². The fourth-order valence-corrected chi connectivity index (χ4v) is 0.341. The molecular formula is C7H10O3. The van der Waals surface area contributed by atoms with E-state index in [2.05, 4.69) is 9.47 Å². The third kappa shape index (κ3) is 4.98. The zero-order valence-corrected chi connectivity index (χ0v) is 5.79. The number of rotatable bonds is 3. The second-order valence-corrected chi connectivity index (χ2v) is 1.66. The Kier molecular flexibility index (Phi) is 3.25. The van der Waals surface area contributed by atoms with Gasteiger partial charge in [-0.05, 0) is 6.90 Å². The highest BCUT2D eigenvalue weighted by Gasteiger charge is 2.01. The minimum atomic E-state index is -0.510. The average molecular weight is 143 g/mol. The van der Waals surface area contributed by atoms with E-state index >= 15 is 0 Å². The van der Waals surface area contributed by atoms with Crippen molar-refractivity contribution in [1.82, 2.24) is 0 Å². The number of carbonyl (C=O) groups is 1. The maximum atomic E-state index is 10.3. The van der Waals surface area contributed by atoms with Crippen molar-refractivity contribution < 1.29 is 15.6 Å². The van der Waals surface area contributed by atoms with Crippen LogP contribution < -0.4 is 0 Å². The molecule has 1 atom stereocenters. The summed E-state index contributed by atoms with van der Waals surface area (Å²) in [5, 5.41) is 0. The molecular weight excluding hydrogens is 132 g/mol. The molecule has 0 fully saturated rings. The Bertz CT molecular complexity index is 162. The summed E-state index contributed by atoms with van der Waals surface area (Å²) >= 11 is 0. The molecule has 0 spiro atoms. The van der Waals surface area contributed by atoms with E-state index in [9.17, 15) is 4.79 Å². The van der Waals surface area contributed by atoms with E-state index < -0.39 is 12.1 Å². The van der Waals surface area contributed by atoms with Crippen LogP contribution in [0.2, 0.25) is 0 Å². The van der Waals surface area contributed by atoms with E-state index in [1.54, 1.807) is 0 Å². The Morgan fingerprint density at radius 2 is 2.70 bits per heavy atom. The minimum Gasteiger partial charge on any atom is -0.462 e. The van der Waals surface area contributed by atoms with Gasteiger partial charge in [-0.3, -0.25) is 4.79 Å². The largest absolute Gasteiger partial charge is 0.462 e. The number of carbonyl (C=O) groups excluding carboxylic acids is 1. The van der Waals surface area contributed by atoms with Gasteiger partial charge in [0.15, 0.2) is 0 Å². The van der Waals surface area contributed by atoms with Crippen molar-refractivity contribution in [3.63, 3.8) is 0 Å². The van der Waals surface area contributed by atoms with Crippen LogP contribution in [-0.4, -0.2) is 18.7 Å². The molecule has 0 saturated heterocycles. The molecule has 0 aromatic rings. The summed E-state index contributed by atoms with van der Waals surface area (Å²) in [5.74, 6) is -0.399. The molecule has 0 aromatic carbocycles. The number of esters is 1. The third-order valence-corrected chi connectivity index (χ3v) is 0.707. The summed E-state index contributed by atoms with van der Waals surface area (Å²) < 4.78 is 16.1. The Hall–Kier alpha value is -1.17. The first-order valence-electron chi connectivity index (χ1n) is 3.45. The van der Waals surface area contributed by atoms with Crippen LogP contribution in [0.15, 0.2) is 0 Å². The molecule has 0 aliphatic rings. The normalized spacial score (nSPS) is 12.6. The maximum Gasteiger partial charge on any atom is 0.302 e. The van der Waals surface area contributed by atoms with Gasteiger partial charge >= 0.3 is 5.97 Å². The monoisotopic (exact) mass is 143 g/mol. The molecule has 3 heteroatoms. The van der Waals surface area contributed by atoms with Gasteiger partial charge in [-0.25, -0.2) is 0 Å². The van der Waals surface area contributed by atoms with E-state index in [1.165, 1.54) is 6.92 Å². The second kappa shape index (κ2) is 4.68. The smallest absolute Gasteiger partial charge is 0.302 e. The highest BCUT2D eigenvalue weighted by Crippen LogP contribution is 1.89. The van der Waals surface area contributed by atoms with Crippen LogP contribution in [-0.2, 0) is 14.3 Å². The summed E-state index contributed by atoms with van der Waals surface area (Å²) in [5.41, 5.74) is 0. The maximum absolute atomic E-state index is 10.3. The van der Waals surface area contributed by atoms with Crippen LogP contribution in [0.1, 0.15) is 15.2 Å². The van der Waals surface area contributed by atoms with Crippen LogP contribution in [0.4, 0.5) is 0 Å². The Morgan fingerprint density at radius 1 is 2.00 bits per heavy atom. The Labute approximate surface area is 61.7 Å². The number of hydrogen-bond acceptors (Lipinski definition) is 3. The lowest BCUT2D eigenvalue weighted by atomic mass is 10.4. The third-order valence-electron chi connectivity index (χ3n) is 0.707. The number of hydrogen-bond donors (Lipinski definition) is 0. The van der Waals surface area contributed by atoms with Gasteiger partial charge in [-0.1, -0.05) is 6.42 Å². The van der Waals surface area contributed by atoms with Crippen LogP contribution in [0.3, 0.4) is 0 Å². The second-order valence-electron chi connectivity index (χ2n) is 1.66. The van der Waals surface area contributed by atoms with Gasteiger partial charge in [0.1, 0.15) is 18.8 Å². The minimum absolute atomic E-state index is 0.0164. The van der Waals surface area contributed by atoms with Crippen LogP contribution in [0.25, 0.3) is 0 Å². The summed E-state index contributed by atoms with van der Waals surface area (Å²) in [6, 6.07) is 0. The Morgan fingerprint density at radius 3 is 3.10 bits per heavy atom. The fraction of sp³-hybridized carbons (Fsp3) is 0.571. The van der Waals surface area contributed by atoms with E-state index in [4.69, 9.17) is 7.79 Å². The highest BCUT2D eigenvalue weighted by atomic mass is 16.6. The molecule has 0 aliphatic carbocycles. The quantitative estimate of drug-likeness (QED) is 0.427. The summed E-state index contributed by atoms with van der Waals surface area (Å²) in [4.78, 5) is 10.3. The van der Waals surface area contributed by atoms with E-state index in [1.807, 2.05) is 6.11 Å². The first kappa shape index (κ1) is 6.94. The molecule has 0 saturated carbocycles. The van der Waals surface area contributed by atoms with Crippen molar-refractivity contribution in [2.75, 3.05) is 6.61 Å². The molecule has 0 aromatic heterocycles. The summed E-state index contributed by atoms with van der Waals surface area (Å²) in [6.45, 7) is 1.32. The molecule has 0 N–H and O–H groups in total. The van der Waals surface area contributed by atoms with Gasteiger partial charge in [0.25, 0.3) is 0 Å². The van der Waals surface area contributed by atoms with Gasteiger partial charge in [0.2, 0.25) is 0 Å². The Balaban J connectivity index is 3.53. The van der Waals surface area contributed by atoms with Crippen LogP contribution >= 0.6 is 0 Å². The lowest BCUT2D eigenvalue weighted by Gasteiger charge is -2.07. The highest BCUT2D eigenvalue weighted by molar-refractivity contribution is 5.65. The predicted molar refractivity (Wildman–Crippen MR) is 36.0 cm³/mol. The predicted octanol–water partition coefficient (Wildman–Crippen LogP) is 0.545. The molecule has 0 amide bonds. The zero-order valence-electron chi connectivity index (χ0n) is 6.79. The molecule has 0 aliphatic heterocycles. The lowest BCUT2D eigenvalue weighted by molar-refractivity contribution is -0.143. The van der Waals surface area contributed by atoms with Crippen molar-refractivity contribution in [3.8, 4) is 12.5 Å². The van der Waals surface area contributed by atoms with Gasteiger partial charge < -0.3 is 9.47 Å². The van der Waals surface area contributed by atoms with Crippen molar-refractivity contribution in [3.05, 3.63) is 0 Å².